The van der Waals surface area contributed by atoms with Gasteiger partial charge in [-0.25, -0.2) is 4.98 Å². The molecule has 2 rings (SSSR count). The lowest BCUT2D eigenvalue weighted by Gasteiger charge is -2.35. The number of likely N-dealkylation sites (tertiary alicyclic amines) is 1. The summed E-state index contributed by atoms with van der Waals surface area (Å²) >= 11 is 1.39. The fourth-order valence-electron chi connectivity index (χ4n) is 1.84. The third kappa shape index (κ3) is 2.25. The minimum atomic E-state index is -0.612. The number of piperidine rings is 1. The molecule has 1 aliphatic rings. The molecule has 1 amide bonds. The lowest BCUT2D eigenvalue weighted by Crippen LogP contribution is -2.45. The highest BCUT2D eigenvalue weighted by molar-refractivity contribution is 7.11. The van der Waals surface area contributed by atoms with E-state index in [9.17, 15) is 9.90 Å². The number of rotatable bonds is 1. The zero-order valence-corrected chi connectivity index (χ0v) is 10.4. The van der Waals surface area contributed by atoms with Gasteiger partial charge in [0.15, 0.2) is 0 Å². The highest BCUT2D eigenvalue weighted by Gasteiger charge is 2.30. The predicted molar refractivity (Wildman–Crippen MR) is 62.6 cm³/mol. The Balaban J connectivity index is 2.05. The topological polar surface area (TPSA) is 53.4 Å². The summed E-state index contributed by atoms with van der Waals surface area (Å²) in [5.41, 5.74) is 1.88. The van der Waals surface area contributed by atoms with Crippen molar-refractivity contribution in [2.24, 2.45) is 0 Å². The first-order valence-corrected chi connectivity index (χ1v) is 6.29. The summed E-state index contributed by atoms with van der Waals surface area (Å²) < 4.78 is 0. The SMILES string of the molecule is Cc1ncsc1C(=O)N1CCC(C)(O)CC1. The van der Waals surface area contributed by atoms with Crippen LogP contribution in [-0.4, -0.2) is 39.6 Å². The van der Waals surface area contributed by atoms with Crippen LogP contribution in [0, 0.1) is 6.92 Å². The summed E-state index contributed by atoms with van der Waals surface area (Å²) in [7, 11) is 0. The molecule has 0 atom stereocenters. The van der Waals surface area contributed by atoms with Gasteiger partial charge in [-0.3, -0.25) is 4.79 Å². The normalized spacial score (nSPS) is 19.8. The molecule has 0 radical (unpaired) electrons. The maximum absolute atomic E-state index is 12.1. The summed E-state index contributed by atoms with van der Waals surface area (Å²) in [5, 5.41) is 9.81. The Bertz CT molecular complexity index is 390. The van der Waals surface area contributed by atoms with Crippen molar-refractivity contribution in [3.63, 3.8) is 0 Å². The molecular weight excluding hydrogens is 224 g/mol. The van der Waals surface area contributed by atoms with Crippen LogP contribution >= 0.6 is 11.3 Å². The highest BCUT2D eigenvalue weighted by atomic mass is 32.1. The number of hydrogen-bond donors (Lipinski definition) is 1. The Hall–Kier alpha value is -0.940. The van der Waals surface area contributed by atoms with Crippen LogP contribution in [0.4, 0.5) is 0 Å². The van der Waals surface area contributed by atoms with Crippen LogP contribution in [-0.2, 0) is 0 Å². The first-order chi connectivity index (χ1) is 7.49. The number of carbonyl (C=O) groups excluding carboxylic acids is 1. The fraction of sp³-hybridized carbons (Fsp3) is 0.636. The second-order valence-electron chi connectivity index (χ2n) is 4.56. The van der Waals surface area contributed by atoms with Gasteiger partial charge in [-0.2, -0.15) is 0 Å². The van der Waals surface area contributed by atoms with Crippen molar-refractivity contribution in [2.45, 2.75) is 32.3 Å². The molecule has 1 aliphatic heterocycles. The van der Waals surface area contributed by atoms with E-state index in [0.29, 0.717) is 25.9 Å². The Labute approximate surface area is 98.9 Å². The fourth-order valence-corrected chi connectivity index (χ4v) is 2.61. The predicted octanol–water partition coefficient (Wildman–Crippen LogP) is 1.44. The first kappa shape index (κ1) is 11.5. The molecular formula is C11H16N2O2S. The molecule has 0 saturated carbocycles. The second-order valence-corrected chi connectivity index (χ2v) is 5.41. The van der Waals surface area contributed by atoms with E-state index in [4.69, 9.17) is 0 Å². The van der Waals surface area contributed by atoms with E-state index in [1.807, 2.05) is 13.8 Å². The van der Waals surface area contributed by atoms with Crippen molar-refractivity contribution in [1.29, 1.82) is 0 Å². The Morgan fingerprint density at radius 3 is 2.69 bits per heavy atom. The van der Waals surface area contributed by atoms with E-state index >= 15 is 0 Å². The molecule has 1 saturated heterocycles. The van der Waals surface area contributed by atoms with Gasteiger partial charge in [0.2, 0.25) is 0 Å². The minimum absolute atomic E-state index is 0.0514. The molecule has 16 heavy (non-hydrogen) atoms. The van der Waals surface area contributed by atoms with E-state index in [2.05, 4.69) is 4.98 Å². The molecule has 4 nitrogen and oxygen atoms in total. The number of amides is 1. The third-order valence-electron chi connectivity index (χ3n) is 3.07. The van der Waals surface area contributed by atoms with Crippen molar-refractivity contribution in [2.75, 3.05) is 13.1 Å². The average molecular weight is 240 g/mol. The summed E-state index contributed by atoms with van der Waals surface area (Å²) in [6, 6.07) is 0. The second kappa shape index (κ2) is 4.14. The molecule has 1 N–H and O–H groups in total. The largest absolute Gasteiger partial charge is 0.390 e. The molecule has 1 aromatic heterocycles. The molecule has 1 aromatic rings. The van der Waals surface area contributed by atoms with Gasteiger partial charge >= 0.3 is 0 Å². The van der Waals surface area contributed by atoms with Crippen molar-refractivity contribution in [3.05, 3.63) is 16.1 Å². The zero-order valence-electron chi connectivity index (χ0n) is 9.56. The van der Waals surface area contributed by atoms with Crippen LogP contribution < -0.4 is 0 Å². The molecule has 0 aliphatic carbocycles. The average Bonchev–Trinajstić information content (AvgIpc) is 2.63. The van der Waals surface area contributed by atoms with Crippen molar-refractivity contribution >= 4 is 17.2 Å². The molecule has 2 heterocycles. The van der Waals surface area contributed by atoms with Gasteiger partial charge in [-0.15, -0.1) is 11.3 Å². The maximum atomic E-state index is 12.1. The van der Waals surface area contributed by atoms with Gasteiger partial charge < -0.3 is 10.0 Å². The molecule has 0 aromatic carbocycles. The van der Waals surface area contributed by atoms with Gasteiger partial charge in [-0.1, -0.05) is 0 Å². The van der Waals surface area contributed by atoms with E-state index in [1.165, 1.54) is 11.3 Å². The molecule has 5 heteroatoms. The standard InChI is InChI=1S/C11H16N2O2S/c1-8-9(16-7-12-8)10(14)13-5-3-11(2,15)4-6-13/h7,15H,3-6H2,1-2H3. The van der Waals surface area contributed by atoms with E-state index < -0.39 is 5.60 Å². The molecule has 0 unspecified atom stereocenters. The summed E-state index contributed by atoms with van der Waals surface area (Å²) in [6.45, 7) is 4.93. The number of aromatic nitrogens is 1. The Morgan fingerprint density at radius 2 is 2.19 bits per heavy atom. The highest BCUT2D eigenvalue weighted by Crippen LogP contribution is 2.24. The van der Waals surface area contributed by atoms with Gasteiger partial charge in [-0.05, 0) is 26.7 Å². The van der Waals surface area contributed by atoms with Gasteiger partial charge in [0, 0.05) is 13.1 Å². The van der Waals surface area contributed by atoms with Gasteiger partial charge in [0.25, 0.3) is 5.91 Å². The van der Waals surface area contributed by atoms with E-state index in [1.54, 1.807) is 10.4 Å². The third-order valence-corrected chi connectivity index (χ3v) is 3.98. The van der Waals surface area contributed by atoms with Crippen LogP contribution in [0.2, 0.25) is 0 Å². The minimum Gasteiger partial charge on any atom is -0.390 e. The summed E-state index contributed by atoms with van der Waals surface area (Å²) in [6.07, 6.45) is 1.30. The first-order valence-electron chi connectivity index (χ1n) is 5.41. The molecule has 1 fully saturated rings. The number of nitrogens with zero attached hydrogens (tertiary/aromatic N) is 2. The number of carbonyl (C=O) groups is 1. The quantitative estimate of drug-likeness (QED) is 0.808. The lowest BCUT2D eigenvalue weighted by molar-refractivity contribution is -0.00190. The number of aliphatic hydroxyl groups is 1. The van der Waals surface area contributed by atoms with Crippen LogP contribution in [0.1, 0.15) is 35.1 Å². The van der Waals surface area contributed by atoms with Crippen molar-refractivity contribution < 1.29 is 9.90 Å². The van der Waals surface area contributed by atoms with Crippen molar-refractivity contribution in [1.82, 2.24) is 9.88 Å². The van der Waals surface area contributed by atoms with Crippen LogP contribution in [0.3, 0.4) is 0 Å². The summed E-state index contributed by atoms with van der Waals surface area (Å²) in [4.78, 5) is 18.7. The summed E-state index contributed by atoms with van der Waals surface area (Å²) in [5.74, 6) is 0.0514. The van der Waals surface area contributed by atoms with Gasteiger partial charge in [0.1, 0.15) is 4.88 Å². The smallest absolute Gasteiger partial charge is 0.265 e. The Morgan fingerprint density at radius 1 is 1.56 bits per heavy atom. The molecule has 0 spiro atoms. The van der Waals surface area contributed by atoms with E-state index in [0.717, 1.165) is 10.6 Å². The molecule has 88 valence electrons. The van der Waals surface area contributed by atoms with Crippen LogP contribution in [0.25, 0.3) is 0 Å². The van der Waals surface area contributed by atoms with Crippen LogP contribution in [0.5, 0.6) is 0 Å². The zero-order chi connectivity index (χ0) is 11.8. The monoisotopic (exact) mass is 240 g/mol. The Kier molecular flexibility index (Phi) is 2.99. The lowest BCUT2D eigenvalue weighted by atomic mass is 9.94. The molecule has 0 bridgehead atoms. The van der Waals surface area contributed by atoms with Crippen molar-refractivity contribution in [3.8, 4) is 0 Å². The maximum Gasteiger partial charge on any atom is 0.265 e. The number of thiazole rings is 1. The number of aryl methyl sites for hydroxylation is 1. The number of hydrogen-bond acceptors (Lipinski definition) is 4. The van der Waals surface area contributed by atoms with Gasteiger partial charge in [0.05, 0.1) is 16.8 Å². The van der Waals surface area contributed by atoms with Crippen LogP contribution in [0.15, 0.2) is 5.51 Å². The van der Waals surface area contributed by atoms with E-state index in [-0.39, 0.29) is 5.91 Å².